The van der Waals surface area contributed by atoms with E-state index in [1.807, 2.05) is 6.26 Å². The third-order valence-corrected chi connectivity index (χ3v) is 3.02. The van der Waals surface area contributed by atoms with Crippen LogP contribution >= 0.6 is 11.8 Å². The molecular formula is C12H15NO5S. The summed E-state index contributed by atoms with van der Waals surface area (Å²) in [5.74, 6) is -1.70. The highest BCUT2D eigenvalue weighted by molar-refractivity contribution is 7.98. The van der Waals surface area contributed by atoms with Crippen LogP contribution in [-0.2, 0) is 4.79 Å². The van der Waals surface area contributed by atoms with E-state index in [-0.39, 0.29) is 17.1 Å². The Balaban J connectivity index is 2.78. The molecule has 1 atom stereocenters. The van der Waals surface area contributed by atoms with Crippen LogP contribution in [0, 0.1) is 0 Å². The SMILES string of the molecule is CSCC[C@H](NC(=O)c1cc(O)cc(O)c1)C(=O)O. The maximum absolute atomic E-state index is 11.8. The number of phenolic OH excluding ortho intramolecular Hbond substituents is 2. The molecule has 104 valence electrons. The van der Waals surface area contributed by atoms with Crippen LogP contribution in [0.1, 0.15) is 16.8 Å². The first kappa shape index (κ1) is 15.2. The predicted octanol–water partition coefficient (Wildman–Crippen LogP) is 1.03. The normalized spacial score (nSPS) is 11.8. The van der Waals surface area contributed by atoms with Crippen molar-refractivity contribution in [3.05, 3.63) is 23.8 Å². The Kier molecular flexibility index (Phi) is 5.50. The van der Waals surface area contributed by atoms with Crippen molar-refractivity contribution < 1.29 is 24.9 Å². The Morgan fingerprint density at radius 3 is 2.32 bits per heavy atom. The van der Waals surface area contributed by atoms with E-state index in [4.69, 9.17) is 5.11 Å². The van der Waals surface area contributed by atoms with Crippen LogP contribution in [0.25, 0.3) is 0 Å². The van der Waals surface area contributed by atoms with Gasteiger partial charge in [-0.1, -0.05) is 0 Å². The molecule has 0 bridgehead atoms. The smallest absolute Gasteiger partial charge is 0.326 e. The molecule has 0 aliphatic carbocycles. The van der Waals surface area contributed by atoms with Crippen molar-refractivity contribution in [1.82, 2.24) is 5.32 Å². The molecule has 0 aliphatic heterocycles. The molecule has 0 unspecified atom stereocenters. The molecule has 1 aromatic rings. The molecule has 0 saturated carbocycles. The third kappa shape index (κ3) is 4.70. The van der Waals surface area contributed by atoms with Gasteiger partial charge >= 0.3 is 5.97 Å². The summed E-state index contributed by atoms with van der Waals surface area (Å²) in [6.07, 6.45) is 2.14. The van der Waals surface area contributed by atoms with Crippen molar-refractivity contribution in [3.63, 3.8) is 0 Å². The van der Waals surface area contributed by atoms with Gasteiger partial charge in [-0.2, -0.15) is 11.8 Å². The summed E-state index contributed by atoms with van der Waals surface area (Å²) < 4.78 is 0. The quantitative estimate of drug-likeness (QED) is 0.622. The summed E-state index contributed by atoms with van der Waals surface area (Å²) in [6, 6.07) is 2.40. The number of amides is 1. The first-order chi connectivity index (χ1) is 8.93. The fourth-order valence-corrected chi connectivity index (χ4v) is 1.93. The molecule has 0 fully saturated rings. The van der Waals surface area contributed by atoms with Crippen molar-refractivity contribution in [1.29, 1.82) is 0 Å². The lowest BCUT2D eigenvalue weighted by atomic mass is 10.1. The summed E-state index contributed by atoms with van der Waals surface area (Å²) in [5.41, 5.74) is 0.00732. The molecule has 1 rings (SSSR count). The maximum atomic E-state index is 11.8. The molecule has 1 amide bonds. The standard InChI is InChI=1S/C12H15NO5S/c1-19-3-2-10(12(17)18)13-11(16)7-4-8(14)6-9(15)5-7/h4-6,10,14-15H,2-3H2,1H3,(H,13,16)(H,17,18)/t10-/m0/s1. The van der Waals surface area contributed by atoms with E-state index in [0.29, 0.717) is 12.2 Å². The van der Waals surface area contributed by atoms with Crippen molar-refractivity contribution in [2.75, 3.05) is 12.0 Å². The lowest BCUT2D eigenvalue weighted by Gasteiger charge is -2.14. The van der Waals surface area contributed by atoms with Gasteiger partial charge in [0, 0.05) is 11.6 Å². The molecule has 0 heterocycles. The molecule has 0 radical (unpaired) electrons. The second-order valence-electron chi connectivity index (χ2n) is 3.88. The molecule has 0 aliphatic rings. The van der Waals surface area contributed by atoms with Crippen LogP contribution in [0.5, 0.6) is 11.5 Å². The number of carbonyl (C=O) groups is 2. The van der Waals surface area contributed by atoms with Gasteiger partial charge in [-0.25, -0.2) is 4.79 Å². The minimum atomic E-state index is -1.12. The summed E-state index contributed by atoms with van der Waals surface area (Å²) in [5, 5.41) is 29.9. The number of carboxylic acids is 1. The van der Waals surface area contributed by atoms with Crippen LogP contribution in [0.2, 0.25) is 0 Å². The van der Waals surface area contributed by atoms with E-state index in [1.165, 1.54) is 11.8 Å². The van der Waals surface area contributed by atoms with Crippen LogP contribution in [0.3, 0.4) is 0 Å². The second kappa shape index (κ2) is 6.89. The number of benzene rings is 1. The molecule has 4 N–H and O–H groups in total. The van der Waals surface area contributed by atoms with Crippen molar-refractivity contribution in [2.24, 2.45) is 0 Å². The number of rotatable bonds is 6. The molecule has 0 saturated heterocycles. The number of nitrogens with one attached hydrogen (secondary N) is 1. The first-order valence-corrected chi connectivity index (χ1v) is 6.89. The number of hydrogen-bond acceptors (Lipinski definition) is 5. The van der Waals surface area contributed by atoms with Gasteiger partial charge < -0.3 is 20.6 Å². The Morgan fingerprint density at radius 2 is 1.84 bits per heavy atom. The van der Waals surface area contributed by atoms with E-state index in [1.54, 1.807) is 0 Å². The molecule has 0 aromatic heterocycles. The highest BCUT2D eigenvalue weighted by atomic mass is 32.2. The van der Waals surface area contributed by atoms with Gasteiger partial charge in [-0.3, -0.25) is 4.79 Å². The molecular weight excluding hydrogens is 270 g/mol. The number of aromatic hydroxyl groups is 2. The largest absolute Gasteiger partial charge is 0.508 e. The zero-order chi connectivity index (χ0) is 14.4. The average molecular weight is 285 g/mol. The van der Waals surface area contributed by atoms with Crippen LogP contribution < -0.4 is 5.32 Å². The molecule has 6 nitrogen and oxygen atoms in total. The fourth-order valence-electron chi connectivity index (χ4n) is 1.46. The number of carbonyl (C=O) groups excluding carboxylic acids is 1. The average Bonchev–Trinajstić information content (AvgIpc) is 2.32. The zero-order valence-electron chi connectivity index (χ0n) is 10.3. The van der Waals surface area contributed by atoms with E-state index >= 15 is 0 Å². The predicted molar refractivity (Wildman–Crippen MR) is 71.7 cm³/mol. The number of thioether (sulfide) groups is 1. The first-order valence-electron chi connectivity index (χ1n) is 5.49. The lowest BCUT2D eigenvalue weighted by Crippen LogP contribution is -2.41. The van der Waals surface area contributed by atoms with Crippen LogP contribution in [0.15, 0.2) is 18.2 Å². The topological polar surface area (TPSA) is 107 Å². The molecule has 19 heavy (non-hydrogen) atoms. The Labute approximate surface area is 114 Å². The fraction of sp³-hybridized carbons (Fsp3) is 0.333. The van der Waals surface area contributed by atoms with Gasteiger partial charge in [0.1, 0.15) is 17.5 Å². The number of hydrogen-bond donors (Lipinski definition) is 4. The lowest BCUT2D eigenvalue weighted by molar-refractivity contribution is -0.139. The number of carboxylic acid groups (broad SMARTS) is 1. The minimum absolute atomic E-state index is 0.00732. The van der Waals surface area contributed by atoms with Gasteiger partial charge in [-0.15, -0.1) is 0 Å². The second-order valence-corrected chi connectivity index (χ2v) is 4.87. The Bertz CT molecular complexity index is 457. The summed E-state index contributed by atoms with van der Waals surface area (Å²) in [7, 11) is 0. The summed E-state index contributed by atoms with van der Waals surface area (Å²) >= 11 is 1.48. The Morgan fingerprint density at radius 1 is 1.26 bits per heavy atom. The number of phenols is 2. The molecule has 1 aromatic carbocycles. The van der Waals surface area contributed by atoms with Crippen molar-refractivity contribution >= 4 is 23.6 Å². The van der Waals surface area contributed by atoms with Gasteiger partial charge in [0.25, 0.3) is 5.91 Å². The van der Waals surface area contributed by atoms with E-state index in [2.05, 4.69) is 5.32 Å². The van der Waals surface area contributed by atoms with Gasteiger partial charge in [-0.05, 0) is 30.6 Å². The molecule has 0 spiro atoms. The number of aliphatic carboxylic acids is 1. The van der Waals surface area contributed by atoms with Gasteiger partial charge in [0.05, 0.1) is 0 Å². The van der Waals surface area contributed by atoms with E-state index in [9.17, 15) is 19.8 Å². The van der Waals surface area contributed by atoms with E-state index < -0.39 is 17.9 Å². The summed E-state index contributed by atoms with van der Waals surface area (Å²) in [6.45, 7) is 0. The maximum Gasteiger partial charge on any atom is 0.326 e. The zero-order valence-corrected chi connectivity index (χ0v) is 11.1. The molecule has 7 heteroatoms. The van der Waals surface area contributed by atoms with Crippen LogP contribution in [-0.4, -0.2) is 45.2 Å². The van der Waals surface area contributed by atoms with Crippen LogP contribution in [0.4, 0.5) is 0 Å². The monoisotopic (exact) mass is 285 g/mol. The van der Waals surface area contributed by atoms with Gasteiger partial charge in [0.15, 0.2) is 0 Å². The highest BCUT2D eigenvalue weighted by Crippen LogP contribution is 2.20. The Hall–Kier alpha value is -1.89. The minimum Gasteiger partial charge on any atom is -0.508 e. The summed E-state index contributed by atoms with van der Waals surface area (Å²) in [4.78, 5) is 22.8. The van der Waals surface area contributed by atoms with Crippen molar-refractivity contribution in [3.8, 4) is 11.5 Å². The van der Waals surface area contributed by atoms with Crippen molar-refractivity contribution in [2.45, 2.75) is 12.5 Å². The van der Waals surface area contributed by atoms with E-state index in [0.717, 1.165) is 18.2 Å². The highest BCUT2D eigenvalue weighted by Gasteiger charge is 2.20. The third-order valence-electron chi connectivity index (χ3n) is 2.38. The van der Waals surface area contributed by atoms with Gasteiger partial charge in [0.2, 0.25) is 0 Å².